The maximum absolute atomic E-state index is 6.50. The Morgan fingerprint density at radius 3 is 2.18 bits per heavy atom. The lowest BCUT2D eigenvalue weighted by Crippen LogP contribution is -2.37. The smallest absolute Gasteiger partial charge is 0.121 e. The number of hydrogen-bond acceptors (Lipinski definition) is 6. The van der Waals surface area contributed by atoms with Crippen LogP contribution in [0.4, 0.5) is 0 Å². The third-order valence-corrected chi connectivity index (χ3v) is 2.87. The van der Waals surface area contributed by atoms with E-state index in [4.69, 9.17) is 5.21 Å². The highest BCUT2D eigenvalue weighted by Gasteiger charge is 2.08. The highest BCUT2D eigenvalue weighted by molar-refractivity contribution is 5.95. The van der Waals surface area contributed by atoms with E-state index in [0.717, 1.165) is 37.6 Å². The van der Waals surface area contributed by atoms with Gasteiger partial charge in [0.05, 0.1) is 0 Å². The predicted molar refractivity (Wildman–Crippen MR) is 96.3 cm³/mol. The van der Waals surface area contributed by atoms with Gasteiger partial charge >= 0.3 is 0 Å². The summed E-state index contributed by atoms with van der Waals surface area (Å²) in [7, 11) is 6.14. The Hall–Kier alpha value is -1.21. The van der Waals surface area contributed by atoms with Crippen molar-refractivity contribution in [1.29, 1.82) is 0 Å². The van der Waals surface area contributed by atoms with Gasteiger partial charge < -0.3 is 20.3 Å². The Morgan fingerprint density at radius 1 is 1.23 bits per heavy atom. The molecule has 0 atom stereocenters. The van der Waals surface area contributed by atoms with Crippen molar-refractivity contribution in [2.45, 2.75) is 32.7 Å². The molecule has 0 aliphatic heterocycles. The minimum absolute atomic E-state index is 0.131. The standard InChI is InChI=1S/C16H32N4.H3NO/c1-9-15(10-11-17-16(3,4)5)18-14(2)20(8)13-12-19(6)7;1-2/h9,17H,1-2,10-13H2,3-8H3;2H,1H2/b18-15+;. The number of hydrogen-bond donors (Lipinski definition) is 3. The summed E-state index contributed by atoms with van der Waals surface area (Å²) in [6.45, 7) is 17.1. The molecule has 0 amide bonds. The van der Waals surface area contributed by atoms with Crippen molar-refractivity contribution in [2.24, 2.45) is 10.9 Å². The molecule has 0 aliphatic carbocycles. The van der Waals surface area contributed by atoms with E-state index in [1.165, 1.54) is 0 Å². The van der Waals surface area contributed by atoms with E-state index in [1.807, 2.05) is 13.1 Å². The fourth-order valence-electron chi connectivity index (χ4n) is 1.50. The van der Waals surface area contributed by atoms with Crippen LogP contribution in [0.2, 0.25) is 0 Å². The van der Waals surface area contributed by atoms with Crippen molar-refractivity contribution < 1.29 is 5.21 Å². The molecule has 6 heteroatoms. The molecule has 0 saturated heterocycles. The average molecular weight is 313 g/mol. The largest absolute Gasteiger partial charge is 0.359 e. The molecule has 0 aromatic carbocycles. The van der Waals surface area contributed by atoms with Gasteiger partial charge in [-0.25, -0.2) is 10.9 Å². The van der Waals surface area contributed by atoms with Crippen molar-refractivity contribution >= 4 is 5.71 Å². The van der Waals surface area contributed by atoms with E-state index >= 15 is 0 Å². The molecule has 0 bridgehead atoms. The molecule has 0 spiro atoms. The SMILES string of the molecule is C=C/C(CCNC(C)(C)C)=N\C(=C)N(C)CCN(C)C.NO. The van der Waals surface area contributed by atoms with Crippen LogP contribution in [0.3, 0.4) is 0 Å². The van der Waals surface area contributed by atoms with Crippen LogP contribution in [0.15, 0.2) is 30.0 Å². The predicted octanol–water partition coefficient (Wildman–Crippen LogP) is 1.69. The first-order valence-electron chi connectivity index (χ1n) is 7.41. The van der Waals surface area contributed by atoms with Gasteiger partial charge in [0.2, 0.25) is 0 Å². The fourth-order valence-corrected chi connectivity index (χ4v) is 1.50. The zero-order chi connectivity index (χ0) is 17.8. The summed E-state index contributed by atoms with van der Waals surface area (Å²) in [5.74, 6) is 4.29. The van der Waals surface area contributed by atoms with E-state index < -0.39 is 0 Å². The fraction of sp³-hybridized carbons (Fsp3) is 0.688. The van der Waals surface area contributed by atoms with Crippen molar-refractivity contribution in [1.82, 2.24) is 15.1 Å². The molecule has 0 aromatic heterocycles. The topological polar surface area (TPSA) is 77.1 Å². The van der Waals surface area contributed by atoms with Gasteiger partial charge in [0.25, 0.3) is 0 Å². The second kappa shape index (κ2) is 12.3. The third-order valence-electron chi connectivity index (χ3n) is 2.87. The molecule has 4 N–H and O–H groups in total. The van der Waals surface area contributed by atoms with Crippen molar-refractivity contribution in [2.75, 3.05) is 40.8 Å². The average Bonchev–Trinajstić information content (AvgIpc) is 2.44. The van der Waals surface area contributed by atoms with Crippen molar-refractivity contribution in [3.8, 4) is 0 Å². The molecular weight excluding hydrogens is 278 g/mol. The second-order valence-electron chi connectivity index (χ2n) is 6.38. The Morgan fingerprint density at radius 2 is 1.77 bits per heavy atom. The Bertz CT molecular complexity index is 345. The molecule has 130 valence electrons. The van der Waals surface area contributed by atoms with Crippen LogP contribution >= 0.6 is 0 Å². The minimum atomic E-state index is 0.131. The van der Waals surface area contributed by atoms with Gasteiger partial charge in [-0.15, -0.1) is 0 Å². The van der Waals surface area contributed by atoms with Gasteiger partial charge in [-0.3, -0.25) is 0 Å². The summed E-state index contributed by atoms with van der Waals surface area (Å²) in [6.07, 6.45) is 2.68. The Labute approximate surface area is 136 Å². The molecule has 6 nitrogen and oxygen atoms in total. The van der Waals surface area contributed by atoms with Crippen LogP contribution in [-0.2, 0) is 0 Å². The second-order valence-corrected chi connectivity index (χ2v) is 6.38. The number of nitrogens with one attached hydrogen (secondary N) is 1. The van der Waals surface area contributed by atoms with Gasteiger partial charge in [-0.1, -0.05) is 13.2 Å². The van der Waals surface area contributed by atoms with Crippen LogP contribution in [0, 0.1) is 0 Å². The molecule has 0 radical (unpaired) electrons. The first kappa shape index (κ1) is 23.1. The van der Waals surface area contributed by atoms with E-state index in [-0.39, 0.29) is 5.54 Å². The highest BCUT2D eigenvalue weighted by Crippen LogP contribution is 2.04. The van der Waals surface area contributed by atoms with Gasteiger partial charge in [0, 0.05) is 44.4 Å². The van der Waals surface area contributed by atoms with Gasteiger partial charge in [-0.2, -0.15) is 0 Å². The zero-order valence-electron chi connectivity index (χ0n) is 15.2. The summed E-state index contributed by atoms with van der Waals surface area (Å²) >= 11 is 0. The quantitative estimate of drug-likeness (QED) is 0.446. The summed E-state index contributed by atoms with van der Waals surface area (Å²) in [6, 6.07) is 0. The van der Waals surface area contributed by atoms with E-state index in [1.54, 1.807) is 0 Å². The van der Waals surface area contributed by atoms with Crippen LogP contribution < -0.4 is 11.2 Å². The summed E-state index contributed by atoms with van der Waals surface area (Å²) in [5, 5.41) is 9.95. The lowest BCUT2D eigenvalue weighted by atomic mass is 10.1. The highest BCUT2D eigenvalue weighted by atomic mass is 16.4. The van der Waals surface area contributed by atoms with Gasteiger partial charge in [-0.05, 0) is 40.9 Å². The molecule has 0 heterocycles. The molecule has 0 aliphatic rings. The zero-order valence-corrected chi connectivity index (χ0v) is 15.2. The molecule has 0 saturated carbocycles. The van der Waals surface area contributed by atoms with Crippen LogP contribution in [0.5, 0.6) is 0 Å². The number of aliphatic imine (C=N–C) groups is 1. The number of allylic oxidation sites excluding steroid dienone is 1. The van der Waals surface area contributed by atoms with E-state index in [2.05, 4.69) is 74.0 Å². The van der Waals surface area contributed by atoms with Gasteiger partial charge in [0.15, 0.2) is 0 Å². The third kappa shape index (κ3) is 13.8. The van der Waals surface area contributed by atoms with Crippen LogP contribution in [0.25, 0.3) is 0 Å². The maximum atomic E-state index is 6.50. The maximum Gasteiger partial charge on any atom is 0.121 e. The van der Waals surface area contributed by atoms with Crippen LogP contribution in [0.1, 0.15) is 27.2 Å². The molecule has 0 fully saturated rings. The first-order chi connectivity index (χ1) is 10.2. The molecule has 0 rings (SSSR count). The molecule has 22 heavy (non-hydrogen) atoms. The minimum Gasteiger partial charge on any atom is -0.359 e. The van der Waals surface area contributed by atoms with E-state index in [0.29, 0.717) is 0 Å². The van der Waals surface area contributed by atoms with Crippen LogP contribution in [-0.4, -0.2) is 67.0 Å². The number of nitrogens with two attached hydrogens (primary N) is 1. The monoisotopic (exact) mass is 313 g/mol. The lowest BCUT2D eigenvalue weighted by molar-refractivity contribution is 0.311. The summed E-state index contributed by atoms with van der Waals surface area (Å²) in [5.41, 5.74) is 1.11. The number of rotatable bonds is 9. The number of nitrogens with zero attached hydrogens (tertiary/aromatic N) is 3. The first-order valence-corrected chi connectivity index (χ1v) is 7.41. The molecule has 0 unspecified atom stereocenters. The summed E-state index contributed by atoms with van der Waals surface area (Å²) < 4.78 is 0. The van der Waals surface area contributed by atoms with Crippen molar-refractivity contribution in [3.05, 3.63) is 25.1 Å². The Balaban J connectivity index is 0. The normalized spacial score (nSPS) is 11.8. The molecular formula is C16H35N5O. The summed E-state index contributed by atoms with van der Waals surface area (Å²) in [4.78, 5) is 8.78. The number of likely N-dealkylation sites (N-methyl/N-ethyl adjacent to an activating group) is 2. The molecule has 0 aromatic rings. The van der Waals surface area contributed by atoms with Gasteiger partial charge in [0.1, 0.15) is 5.82 Å². The lowest BCUT2D eigenvalue weighted by Gasteiger charge is -2.22. The van der Waals surface area contributed by atoms with E-state index in [9.17, 15) is 0 Å². The van der Waals surface area contributed by atoms with Crippen molar-refractivity contribution in [3.63, 3.8) is 0 Å². The Kier molecular flexibility index (Phi) is 12.9.